The number of aromatic nitrogens is 2. The molecule has 1 aliphatic rings. The number of nitrogens with zero attached hydrogens (tertiary/aromatic N) is 1. The number of carbonyl (C=O) groups is 1. The standard InChI is InChI=1S/C14H18N4O3/c19-13(12-9-15-6-8-21-12)16-5-7-18-11-4-2-1-3-10(11)17-14(18)20/h1-4,12,15H,5-9H2,(H,16,19)(H,17,20). The summed E-state index contributed by atoms with van der Waals surface area (Å²) in [6.07, 6.45) is -0.446. The number of fused-ring (bicyclic) bond motifs is 1. The lowest BCUT2D eigenvalue weighted by Gasteiger charge is -2.22. The molecule has 0 bridgehead atoms. The number of hydrogen-bond donors (Lipinski definition) is 3. The molecule has 112 valence electrons. The number of nitrogens with one attached hydrogen (secondary N) is 3. The van der Waals surface area contributed by atoms with Crippen LogP contribution >= 0.6 is 0 Å². The Morgan fingerprint density at radius 3 is 3.10 bits per heavy atom. The van der Waals surface area contributed by atoms with Crippen molar-refractivity contribution in [3.63, 3.8) is 0 Å². The molecule has 1 amide bonds. The summed E-state index contributed by atoms with van der Waals surface area (Å²) in [6.45, 7) is 2.66. The second-order valence-corrected chi connectivity index (χ2v) is 4.95. The molecule has 0 radical (unpaired) electrons. The minimum Gasteiger partial charge on any atom is -0.366 e. The van der Waals surface area contributed by atoms with Crippen LogP contribution in [0.1, 0.15) is 0 Å². The monoisotopic (exact) mass is 290 g/mol. The van der Waals surface area contributed by atoms with E-state index in [1.807, 2.05) is 24.3 Å². The largest absolute Gasteiger partial charge is 0.366 e. The van der Waals surface area contributed by atoms with Gasteiger partial charge in [-0.05, 0) is 12.1 Å². The highest BCUT2D eigenvalue weighted by Gasteiger charge is 2.21. The van der Waals surface area contributed by atoms with Gasteiger partial charge >= 0.3 is 5.69 Å². The smallest absolute Gasteiger partial charge is 0.326 e. The van der Waals surface area contributed by atoms with Crippen molar-refractivity contribution in [1.29, 1.82) is 0 Å². The summed E-state index contributed by atoms with van der Waals surface area (Å²) in [5, 5.41) is 5.91. The third kappa shape index (κ3) is 2.98. The Kier molecular flexibility index (Phi) is 4.03. The summed E-state index contributed by atoms with van der Waals surface area (Å²) in [7, 11) is 0. The molecule has 1 fully saturated rings. The average Bonchev–Trinajstić information content (AvgIpc) is 2.84. The lowest BCUT2D eigenvalue weighted by Crippen LogP contribution is -2.48. The highest BCUT2D eigenvalue weighted by molar-refractivity contribution is 5.81. The lowest BCUT2D eigenvalue weighted by molar-refractivity contribution is -0.134. The first-order valence-electron chi connectivity index (χ1n) is 7.03. The molecule has 0 saturated carbocycles. The van der Waals surface area contributed by atoms with Gasteiger partial charge in [0.1, 0.15) is 6.10 Å². The van der Waals surface area contributed by atoms with E-state index in [4.69, 9.17) is 4.74 Å². The lowest BCUT2D eigenvalue weighted by atomic mass is 10.3. The number of ether oxygens (including phenoxy) is 1. The second kappa shape index (κ2) is 6.11. The zero-order chi connectivity index (χ0) is 14.7. The van der Waals surface area contributed by atoms with Crippen LogP contribution in [0.4, 0.5) is 0 Å². The van der Waals surface area contributed by atoms with Crippen molar-refractivity contribution in [2.45, 2.75) is 12.6 Å². The number of aromatic amines is 1. The van der Waals surface area contributed by atoms with Gasteiger partial charge in [0.15, 0.2) is 0 Å². The molecule has 1 aromatic heterocycles. The number of H-pyrrole nitrogens is 1. The van der Waals surface area contributed by atoms with Gasteiger partial charge in [-0.1, -0.05) is 12.1 Å². The van der Waals surface area contributed by atoms with Crippen molar-refractivity contribution in [2.75, 3.05) is 26.2 Å². The molecule has 2 heterocycles. The first-order valence-corrected chi connectivity index (χ1v) is 7.03. The minimum atomic E-state index is -0.446. The van der Waals surface area contributed by atoms with Crippen LogP contribution < -0.4 is 16.3 Å². The third-order valence-electron chi connectivity index (χ3n) is 3.54. The maximum atomic E-state index is 11.9. The van der Waals surface area contributed by atoms with Crippen molar-refractivity contribution in [2.24, 2.45) is 0 Å². The van der Waals surface area contributed by atoms with E-state index in [-0.39, 0.29) is 11.6 Å². The molecule has 0 aliphatic carbocycles. The third-order valence-corrected chi connectivity index (χ3v) is 3.54. The van der Waals surface area contributed by atoms with E-state index >= 15 is 0 Å². The van der Waals surface area contributed by atoms with Gasteiger partial charge in [-0.3, -0.25) is 9.36 Å². The molecule has 1 aliphatic heterocycles. The van der Waals surface area contributed by atoms with Crippen molar-refractivity contribution >= 4 is 16.9 Å². The Hall–Kier alpha value is -2.12. The van der Waals surface area contributed by atoms with Gasteiger partial charge in [0.25, 0.3) is 5.91 Å². The van der Waals surface area contributed by atoms with Crippen molar-refractivity contribution in [3.05, 3.63) is 34.7 Å². The fourth-order valence-corrected chi connectivity index (χ4v) is 2.47. The quantitative estimate of drug-likeness (QED) is 0.704. The molecule has 1 atom stereocenters. The van der Waals surface area contributed by atoms with E-state index in [2.05, 4.69) is 15.6 Å². The van der Waals surface area contributed by atoms with E-state index in [9.17, 15) is 9.59 Å². The van der Waals surface area contributed by atoms with Gasteiger partial charge in [-0.2, -0.15) is 0 Å². The van der Waals surface area contributed by atoms with Crippen LogP contribution in [0, 0.1) is 0 Å². The molecule has 1 unspecified atom stereocenters. The maximum absolute atomic E-state index is 11.9. The van der Waals surface area contributed by atoms with Gasteiger partial charge in [0.2, 0.25) is 0 Å². The molecule has 7 heteroatoms. The van der Waals surface area contributed by atoms with Gasteiger partial charge in [-0.25, -0.2) is 4.79 Å². The number of rotatable bonds is 4. The Morgan fingerprint density at radius 1 is 1.43 bits per heavy atom. The summed E-state index contributed by atoms with van der Waals surface area (Å²) >= 11 is 0. The van der Waals surface area contributed by atoms with Gasteiger partial charge in [-0.15, -0.1) is 0 Å². The summed E-state index contributed by atoms with van der Waals surface area (Å²) in [5.74, 6) is -0.143. The molecule has 1 saturated heterocycles. The molecule has 1 aromatic carbocycles. The van der Waals surface area contributed by atoms with E-state index in [0.717, 1.165) is 17.6 Å². The molecular formula is C14H18N4O3. The molecular weight excluding hydrogens is 272 g/mol. The molecule has 0 spiro atoms. The highest BCUT2D eigenvalue weighted by atomic mass is 16.5. The molecule has 2 aromatic rings. The van der Waals surface area contributed by atoms with Crippen molar-refractivity contribution in [1.82, 2.24) is 20.2 Å². The number of hydrogen-bond acceptors (Lipinski definition) is 4. The van der Waals surface area contributed by atoms with Crippen LogP contribution in [0.3, 0.4) is 0 Å². The Bertz CT molecular complexity index is 685. The zero-order valence-corrected chi connectivity index (χ0v) is 11.6. The average molecular weight is 290 g/mol. The molecule has 21 heavy (non-hydrogen) atoms. The molecule has 3 N–H and O–H groups in total. The normalized spacial score (nSPS) is 18.8. The number of carbonyl (C=O) groups excluding carboxylic acids is 1. The van der Waals surface area contributed by atoms with Crippen LogP contribution in [0.15, 0.2) is 29.1 Å². The first kappa shape index (κ1) is 13.8. The number of morpholine rings is 1. The highest BCUT2D eigenvalue weighted by Crippen LogP contribution is 2.08. The van der Waals surface area contributed by atoms with Crippen molar-refractivity contribution in [3.8, 4) is 0 Å². The Balaban J connectivity index is 1.60. The summed E-state index contributed by atoms with van der Waals surface area (Å²) in [5.41, 5.74) is 1.47. The fourth-order valence-electron chi connectivity index (χ4n) is 2.47. The summed E-state index contributed by atoms with van der Waals surface area (Å²) < 4.78 is 6.99. The Morgan fingerprint density at radius 2 is 2.29 bits per heavy atom. The van der Waals surface area contributed by atoms with Crippen molar-refractivity contribution < 1.29 is 9.53 Å². The maximum Gasteiger partial charge on any atom is 0.326 e. The molecule has 3 rings (SSSR count). The predicted molar refractivity (Wildman–Crippen MR) is 78.2 cm³/mol. The molecule has 7 nitrogen and oxygen atoms in total. The number of benzene rings is 1. The Labute approximate surface area is 121 Å². The predicted octanol–water partition coefficient (Wildman–Crippen LogP) is -0.566. The number of para-hydroxylation sites is 2. The van der Waals surface area contributed by atoms with E-state index in [1.54, 1.807) is 4.57 Å². The SMILES string of the molecule is O=C(NCCn1c(=O)[nH]c2ccccc21)C1CNCCO1. The minimum absolute atomic E-state index is 0.143. The topological polar surface area (TPSA) is 88.2 Å². The van der Waals surface area contributed by atoms with Gasteiger partial charge < -0.3 is 20.4 Å². The van der Waals surface area contributed by atoms with Gasteiger partial charge in [0.05, 0.1) is 17.6 Å². The fraction of sp³-hybridized carbons (Fsp3) is 0.429. The van der Waals surface area contributed by atoms with Crippen LogP contribution in [-0.2, 0) is 16.1 Å². The van der Waals surface area contributed by atoms with E-state index < -0.39 is 6.10 Å². The summed E-state index contributed by atoms with van der Waals surface area (Å²) in [4.78, 5) is 26.6. The zero-order valence-electron chi connectivity index (χ0n) is 11.6. The number of amides is 1. The summed E-state index contributed by atoms with van der Waals surface area (Å²) in [6, 6.07) is 7.49. The van der Waals surface area contributed by atoms with Gasteiger partial charge in [0, 0.05) is 26.2 Å². The number of imidazole rings is 1. The van der Waals surface area contributed by atoms with Crippen LogP contribution in [0.5, 0.6) is 0 Å². The first-order chi connectivity index (χ1) is 10.3. The van der Waals surface area contributed by atoms with Crippen LogP contribution in [0.2, 0.25) is 0 Å². The van der Waals surface area contributed by atoms with E-state index in [0.29, 0.717) is 26.2 Å². The van der Waals surface area contributed by atoms with E-state index in [1.165, 1.54) is 0 Å². The van der Waals surface area contributed by atoms with Crippen LogP contribution in [-0.4, -0.2) is 47.8 Å². The van der Waals surface area contributed by atoms with Crippen LogP contribution in [0.25, 0.3) is 11.0 Å². The second-order valence-electron chi connectivity index (χ2n) is 4.95.